The zero-order valence-corrected chi connectivity index (χ0v) is 8.82. The van der Waals surface area contributed by atoms with Crippen molar-refractivity contribution >= 4 is 0 Å². The largest absolute Gasteiger partial charge is 0.334 e. The van der Waals surface area contributed by atoms with Gasteiger partial charge in [0.25, 0.3) is 5.89 Å². The Labute approximate surface area is 88.1 Å². The summed E-state index contributed by atoms with van der Waals surface area (Å²) < 4.78 is 5.11. The number of hydrogen-bond donors (Lipinski definition) is 1. The first kappa shape index (κ1) is 9.86. The zero-order valence-electron chi connectivity index (χ0n) is 8.82. The van der Waals surface area contributed by atoms with E-state index in [1.165, 1.54) is 11.1 Å². The second kappa shape index (κ2) is 3.82. The maximum absolute atomic E-state index is 5.42. The van der Waals surface area contributed by atoms with Crippen LogP contribution in [0, 0.1) is 13.8 Å². The summed E-state index contributed by atoms with van der Waals surface area (Å²) in [5.74, 6) is 1.06. The van der Waals surface area contributed by atoms with Crippen molar-refractivity contribution in [1.82, 2.24) is 10.1 Å². The molecule has 2 N–H and O–H groups in total. The van der Waals surface area contributed by atoms with E-state index in [0.29, 0.717) is 18.3 Å². The standard InChI is InChI=1S/C11H13N3O/c1-7-3-8(2)5-9(4-7)11-13-10(6-12)14-15-11/h3-5H,6,12H2,1-2H3. The molecule has 0 aliphatic rings. The van der Waals surface area contributed by atoms with Crippen molar-refractivity contribution in [2.75, 3.05) is 0 Å². The Kier molecular flexibility index (Phi) is 2.51. The van der Waals surface area contributed by atoms with E-state index in [-0.39, 0.29) is 0 Å². The molecule has 15 heavy (non-hydrogen) atoms. The molecule has 0 spiro atoms. The van der Waals surface area contributed by atoms with Gasteiger partial charge in [0.1, 0.15) is 0 Å². The molecule has 4 heteroatoms. The molecule has 0 amide bonds. The Hall–Kier alpha value is -1.68. The minimum Gasteiger partial charge on any atom is -0.334 e. The fourth-order valence-electron chi connectivity index (χ4n) is 1.55. The quantitative estimate of drug-likeness (QED) is 0.808. The highest BCUT2D eigenvalue weighted by Gasteiger charge is 2.08. The summed E-state index contributed by atoms with van der Waals surface area (Å²) in [5, 5.41) is 3.76. The molecular weight excluding hydrogens is 190 g/mol. The molecule has 0 saturated heterocycles. The van der Waals surface area contributed by atoms with Crippen LogP contribution in [-0.4, -0.2) is 10.1 Å². The summed E-state index contributed by atoms with van der Waals surface area (Å²) >= 11 is 0. The number of rotatable bonds is 2. The van der Waals surface area contributed by atoms with Gasteiger partial charge < -0.3 is 10.3 Å². The molecule has 0 atom stereocenters. The predicted octanol–water partition coefficient (Wildman–Crippen LogP) is 1.81. The van der Waals surface area contributed by atoms with Crippen LogP contribution in [0.25, 0.3) is 11.5 Å². The molecule has 4 nitrogen and oxygen atoms in total. The van der Waals surface area contributed by atoms with Crippen LogP contribution in [0.2, 0.25) is 0 Å². The van der Waals surface area contributed by atoms with Gasteiger partial charge in [-0.3, -0.25) is 0 Å². The number of nitrogens with two attached hydrogens (primary N) is 1. The molecule has 1 aromatic carbocycles. The molecule has 0 aliphatic heterocycles. The lowest BCUT2D eigenvalue weighted by molar-refractivity contribution is 0.423. The summed E-state index contributed by atoms with van der Waals surface area (Å²) in [4.78, 5) is 4.18. The van der Waals surface area contributed by atoms with Crippen LogP contribution < -0.4 is 5.73 Å². The van der Waals surface area contributed by atoms with Crippen molar-refractivity contribution in [2.24, 2.45) is 5.73 Å². The first-order valence-corrected chi connectivity index (χ1v) is 4.80. The fourth-order valence-corrected chi connectivity index (χ4v) is 1.55. The highest BCUT2D eigenvalue weighted by atomic mass is 16.5. The molecule has 0 fully saturated rings. The van der Waals surface area contributed by atoms with E-state index in [2.05, 4.69) is 16.2 Å². The van der Waals surface area contributed by atoms with Gasteiger partial charge in [0, 0.05) is 5.56 Å². The van der Waals surface area contributed by atoms with E-state index in [9.17, 15) is 0 Å². The van der Waals surface area contributed by atoms with Crippen molar-refractivity contribution in [3.8, 4) is 11.5 Å². The number of aromatic nitrogens is 2. The van der Waals surface area contributed by atoms with Crippen LogP contribution in [-0.2, 0) is 6.54 Å². The van der Waals surface area contributed by atoms with Gasteiger partial charge in [-0.05, 0) is 26.0 Å². The van der Waals surface area contributed by atoms with Crippen molar-refractivity contribution in [1.29, 1.82) is 0 Å². The number of nitrogens with zero attached hydrogens (tertiary/aromatic N) is 2. The SMILES string of the molecule is Cc1cc(C)cc(-c2nc(CN)no2)c1. The molecule has 2 aromatic rings. The topological polar surface area (TPSA) is 64.9 Å². The minimum atomic E-state index is 0.300. The molecular formula is C11H13N3O. The van der Waals surface area contributed by atoms with E-state index >= 15 is 0 Å². The summed E-state index contributed by atoms with van der Waals surface area (Å²) in [5.41, 5.74) is 8.72. The second-order valence-corrected chi connectivity index (χ2v) is 3.60. The third-order valence-corrected chi connectivity index (χ3v) is 2.12. The lowest BCUT2D eigenvalue weighted by Gasteiger charge is -1.99. The van der Waals surface area contributed by atoms with Gasteiger partial charge in [-0.15, -0.1) is 0 Å². The van der Waals surface area contributed by atoms with Crippen LogP contribution >= 0.6 is 0 Å². The molecule has 0 radical (unpaired) electrons. The first-order chi connectivity index (χ1) is 7.19. The van der Waals surface area contributed by atoms with Crippen LogP contribution in [0.1, 0.15) is 17.0 Å². The van der Waals surface area contributed by atoms with Gasteiger partial charge in [0.15, 0.2) is 5.82 Å². The molecule has 78 valence electrons. The Bertz CT molecular complexity index is 456. The molecule has 0 saturated carbocycles. The fraction of sp³-hybridized carbons (Fsp3) is 0.273. The average molecular weight is 203 g/mol. The van der Waals surface area contributed by atoms with Crippen LogP contribution in [0.15, 0.2) is 22.7 Å². The lowest BCUT2D eigenvalue weighted by Crippen LogP contribution is -1.97. The summed E-state index contributed by atoms with van der Waals surface area (Å²) in [6.45, 7) is 4.38. The molecule has 2 rings (SSSR count). The molecule has 0 aliphatic carbocycles. The van der Waals surface area contributed by atoms with Crippen molar-refractivity contribution in [3.05, 3.63) is 35.2 Å². The maximum Gasteiger partial charge on any atom is 0.257 e. The highest BCUT2D eigenvalue weighted by molar-refractivity contribution is 5.55. The predicted molar refractivity (Wildman–Crippen MR) is 57.1 cm³/mol. The average Bonchev–Trinajstić information content (AvgIpc) is 2.64. The third-order valence-electron chi connectivity index (χ3n) is 2.12. The van der Waals surface area contributed by atoms with E-state index in [4.69, 9.17) is 10.3 Å². The number of hydrogen-bond acceptors (Lipinski definition) is 4. The van der Waals surface area contributed by atoms with E-state index < -0.39 is 0 Å². The Morgan fingerprint density at radius 3 is 2.40 bits per heavy atom. The lowest BCUT2D eigenvalue weighted by atomic mass is 10.1. The van der Waals surface area contributed by atoms with E-state index in [1.807, 2.05) is 26.0 Å². The van der Waals surface area contributed by atoms with Gasteiger partial charge in [0.2, 0.25) is 0 Å². The van der Waals surface area contributed by atoms with Crippen LogP contribution in [0.4, 0.5) is 0 Å². The van der Waals surface area contributed by atoms with Crippen LogP contribution in [0.5, 0.6) is 0 Å². The summed E-state index contributed by atoms with van der Waals surface area (Å²) in [6.07, 6.45) is 0. The summed E-state index contributed by atoms with van der Waals surface area (Å²) in [7, 11) is 0. The number of benzene rings is 1. The smallest absolute Gasteiger partial charge is 0.257 e. The summed E-state index contributed by atoms with van der Waals surface area (Å²) in [6, 6.07) is 6.13. The van der Waals surface area contributed by atoms with Crippen molar-refractivity contribution in [3.63, 3.8) is 0 Å². The zero-order chi connectivity index (χ0) is 10.8. The van der Waals surface area contributed by atoms with Gasteiger partial charge in [0.05, 0.1) is 6.54 Å². The van der Waals surface area contributed by atoms with Crippen LogP contribution in [0.3, 0.4) is 0 Å². The molecule has 1 heterocycles. The molecule has 0 unspecified atom stereocenters. The molecule has 1 aromatic heterocycles. The van der Waals surface area contributed by atoms with Gasteiger partial charge in [-0.25, -0.2) is 0 Å². The minimum absolute atomic E-state index is 0.300. The van der Waals surface area contributed by atoms with Gasteiger partial charge in [-0.2, -0.15) is 4.98 Å². The van der Waals surface area contributed by atoms with Gasteiger partial charge in [-0.1, -0.05) is 22.3 Å². The third kappa shape index (κ3) is 2.05. The highest BCUT2D eigenvalue weighted by Crippen LogP contribution is 2.20. The Morgan fingerprint density at radius 1 is 1.20 bits per heavy atom. The first-order valence-electron chi connectivity index (χ1n) is 4.80. The molecule has 0 bridgehead atoms. The normalized spacial score (nSPS) is 10.6. The monoisotopic (exact) mass is 203 g/mol. The number of aryl methyl sites for hydroxylation is 2. The van der Waals surface area contributed by atoms with Crippen molar-refractivity contribution in [2.45, 2.75) is 20.4 Å². The van der Waals surface area contributed by atoms with E-state index in [0.717, 1.165) is 5.56 Å². The second-order valence-electron chi connectivity index (χ2n) is 3.60. The van der Waals surface area contributed by atoms with Crippen molar-refractivity contribution < 1.29 is 4.52 Å². The Morgan fingerprint density at radius 2 is 1.87 bits per heavy atom. The Balaban J connectivity index is 2.44. The van der Waals surface area contributed by atoms with Gasteiger partial charge >= 0.3 is 0 Å². The maximum atomic E-state index is 5.42. The van der Waals surface area contributed by atoms with E-state index in [1.54, 1.807) is 0 Å².